The number of aliphatic hydroxyl groups excluding tert-OH is 2. The van der Waals surface area contributed by atoms with E-state index in [0.717, 1.165) is 12.1 Å². The van der Waals surface area contributed by atoms with Crippen molar-refractivity contribution in [2.45, 2.75) is 52.4 Å². The molecule has 1 fully saturated rings. The summed E-state index contributed by atoms with van der Waals surface area (Å²) in [5.74, 6) is 0.309. The lowest BCUT2D eigenvalue weighted by Crippen LogP contribution is -2.48. The zero-order chi connectivity index (χ0) is 15.6. The second-order valence-corrected chi connectivity index (χ2v) is 6.19. The van der Waals surface area contributed by atoms with Crippen LogP contribution >= 0.6 is 0 Å². The second kappa shape index (κ2) is 6.58. The molecular formula is C15H25N3O3. The summed E-state index contributed by atoms with van der Waals surface area (Å²) in [7, 11) is 0. The first-order valence-electron chi connectivity index (χ1n) is 7.62. The highest BCUT2D eigenvalue weighted by atomic mass is 16.3. The van der Waals surface area contributed by atoms with Crippen molar-refractivity contribution >= 4 is 5.91 Å². The molecule has 6 nitrogen and oxygen atoms in total. The Morgan fingerprint density at radius 3 is 2.52 bits per heavy atom. The third-order valence-electron chi connectivity index (χ3n) is 3.66. The van der Waals surface area contributed by atoms with Gasteiger partial charge in [-0.15, -0.1) is 0 Å². The molecule has 0 unspecified atom stereocenters. The van der Waals surface area contributed by atoms with Crippen LogP contribution in [0.3, 0.4) is 0 Å². The molecular weight excluding hydrogens is 270 g/mol. The van der Waals surface area contributed by atoms with Gasteiger partial charge < -0.3 is 15.1 Å². The minimum Gasteiger partial charge on any atom is -0.391 e. The smallest absolute Gasteiger partial charge is 0.272 e. The number of likely N-dealkylation sites (tertiary alicyclic amines) is 1. The topological polar surface area (TPSA) is 78.6 Å². The van der Waals surface area contributed by atoms with Crippen molar-refractivity contribution in [3.63, 3.8) is 0 Å². The van der Waals surface area contributed by atoms with Gasteiger partial charge in [-0.2, -0.15) is 5.10 Å². The zero-order valence-electron chi connectivity index (χ0n) is 13.0. The number of aromatic nitrogens is 2. The van der Waals surface area contributed by atoms with Crippen LogP contribution < -0.4 is 0 Å². The molecule has 1 aromatic rings. The molecule has 2 rings (SSSR count). The van der Waals surface area contributed by atoms with Crippen molar-refractivity contribution in [2.24, 2.45) is 5.92 Å². The number of carbonyl (C=O) groups excluding carboxylic acids is 1. The van der Waals surface area contributed by atoms with Crippen LogP contribution in [0.4, 0.5) is 0 Å². The van der Waals surface area contributed by atoms with E-state index in [1.165, 1.54) is 4.90 Å². The average molecular weight is 295 g/mol. The predicted molar refractivity (Wildman–Crippen MR) is 79.0 cm³/mol. The normalized spacial score (nSPS) is 22.9. The molecule has 0 saturated carbocycles. The summed E-state index contributed by atoms with van der Waals surface area (Å²) < 4.78 is 1.70. The SMILES string of the molecule is CCn1nc(CC(C)C)cc1C(=O)N1C[C@H](O)C[C@@H](O)C1. The highest BCUT2D eigenvalue weighted by molar-refractivity contribution is 5.92. The zero-order valence-corrected chi connectivity index (χ0v) is 13.0. The highest BCUT2D eigenvalue weighted by Gasteiger charge is 2.30. The van der Waals surface area contributed by atoms with E-state index in [2.05, 4.69) is 18.9 Å². The fraction of sp³-hybridized carbons (Fsp3) is 0.733. The largest absolute Gasteiger partial charge is 0.391 e. The van der Waals surface area contributed by atoms with E-state index in [-0.39, 0.29) is 19.0 Å². The Bertz CT molecular complexity index is 488. The van der Waals surface area contributed by atoms with Gasteiger partial charge in [0.15, 0.2) is 0 Å². The van der Waals surface area contributed by atoms with Gasteiger partial charge in [0.2, 0.25) is 0 Å². The minimum atomic E-state index is -0.661. The number of aryl methyl sites for hydroxylation is 1. The summed E-state index contributed by atoms with van der Waals surface area (Å²) in [5, 5.41) is 23.9. The fourth-order valence-corrected chi connectivity index (χ4v) is 2.78. The van der Waals surface area contributed by atoms with Gasteiger partial charge in [0.25, 0.3) is 5.91 Å². The molecule has 2 heterocycles. The summed E-state index contributed by atoms with van der Waals surface area (Å²) in [5.41, 5.74) is 1.45. The van der Waals surface area contributed by atoms with Gasteiger partial charge in [0.05, 0.1) is 17.9 Å². The van der Waals surface area contributed by atoms with E-state index in [4.69, 9.17) is 0 Å². The van der Waals surface area contributed by atoms with E-state index < -0.39 is 12.2 Å². The number of β-amino-alcohol motifs (C(OH)–C–C–N with tert-alkyl or cyclic N) is 2. The lowest BCUT2D eigenvalue weighted by atomic mass is 10.0. The van der Waals surface area contributed by atoms with E-state index >= 15 is 0 Å². The van der Waals surface area contributed by atoms with Gasteiger partial charge in [-0.3, -0.25) is 9.48 Å². The van der Waals surface area contributed by atoms with Crippen molar-refractivity contribution in [2.75, 3.05) is 13.1 Å². The first-order chi connectivity index (χ1) is 9.90. The fourth-order valence-electron chi connectivity index (χ4n) is 2.78. The number of aliphatic hydroxyl groups is 2. The van der Waals surface area contributed by atoms with Gasteiger partial charge in [-0.25, -0.2) is 0 Å². The molecule has 1 saturated heterocycles. The van der Waals surface area contributed by atoms with Crippen molar-refractivity contribution in [1.29, 1.82) is 0 Å². The molecule has 1 aliphatic heterocycles. The van der Waals surface area contributed by atoms with Gasteiger partial charge >= 0.3 is 0 Å². The van der Waals surface area contributed by atoms with Crippen LogP contribution in [0.25, 0.3) is 0 Å². The summed E-state index contributed by atoms with van der Waals surface area (Å²) in [6.45, 7) is 7.34. The third kappa shape index (κ3) is 3.83. The number of amides is 1. The lowest BCUT2D eigenvalue weighted by molar-refractivity contribution is -0.00433. The van der Waals surface area contributed by atoms with Gasteiger partial charge in [-0.05, 0) is 25.3 Å². The Hall–Kier alpha value is -1.40. The van der Waals surface area contributed by atoms with E-state index in [0.29, 0.717) is 24.6 Å². The van der Waals surface area contributed by atoms with Crippen LogP contribution in [-0.4, -0.2) is 56.1 Å². The van der Waals surface area contributed by atoms with Crippen molar-refractivity contribution in [3.05, 3.63) is 17.5 Å². The maximum absolute atomic E-state index is 12.6. The summed E-state index contributed by atoms with van der Waals surface area (Å²) in [6, 6.07) is 1.83. The quantitative estimate of drug-likeness (QED) is 0.856. The molecule has 0 aliphatic carbocycles. The number of rotatable bonds is 4. The molecule has 1 aliphatic rings. The number of carbonyl (C=O) groups is 1. The molecule has 0 bridgehead atoms. The molecule has 0 aromatic carbocycles. The number of hydrogen-bond donors (Lipinski definition) is 2. The minimum absolute atomic E-state index is 0.169. The molecule has 6 heteroatoms. The number of hydrogen-bond acceptors (Lipinski definition) is 4. The Balaban J connectivity index is 2.19. The van der Waals surface area contributed by atoms with Crippen LogP contribution in [0.2, 0.25) is 0 Å². The molecule has 21 heavy (non-hydrogen) atoms. The Morgan fingerprint density at radius 1 is 1.38 bits per heavy atom. The third-order valence-corrected chi connectivity index (χ3v) is 3.66. The second-order valence-electron chi connectivity index (χ2n) is 6.19. The Labute approximate surface area is 125 Å². The van der Waals surface area contributed by atoms with Crippen LogP contribution in [0.5, 0.6) is 0 Å². The lowest BCUT2D eigenvalue weighted by Gasteiger charge is -2.33. The van der Waals surface area contributed by atoms with Crippen LogP contribution in [0.15, 0.2) is 6.07 Å². The Morgan fingerprint density at radius 2 is 2.00 bits per heavy atom. The summed E-state index contributed by atoms with van der Waals surface area (Å²) >= 11 is 0. The van der Waals surface area contributed by atoms with Gasteiger partial charge in [0.1, 0.15) is 5.69 Å². The van der Waals surface area contributed by atoms with E-state index in [1.807, 2.05) is 13.0 Å². The molecule has 0 spiro atoms. The monoisotopic (exact) mass is 295 g/mol. The van der Waals surface area contributed by atoms with Crippen molar-refractivity contribution in [1.82, 2.24) is 14.7 Å². The molecule has 1 aromatic heterocycles. The van der Waals surface area contributed by atoms with Crippen molar-refractivity contribution in [3.8, 4) is 0 Å². The maximum atomic E-state index is 12.6. The van der Waals surface area contributed by atoms with Crippen molar-refractivity contribution < 1.29 is 15.0 Å². The standard InChI is InChI=1S/C15H25N3O3/c1-4-18-14(6-11(16-18)5-10(2)3)15(21)17-8-12(19)7-13(20)9-17/h6,10,12-13,19-20H,4-5,7-9H2,1-3H3/t12-,13-/m1/s1. The van der Waals surface area contributed by atoms with Gasteiger partial charge in [-0.1, -0.05) is 13.8 Å². The molecule has 0 radical (unpaired) electrons. The molecule has 1 amide bonds. The number of piperidine rings is 1. The van der Waals surface area contributed by atoms with E-state index in [1.54, 1.807) is 4.68 Å². The maximum Gasteiger partial charge on any atom is 0.272 e. The number of nitrogens with zero attached hydrogens (tertiary/aromatic N) is 3. The molecule has 2 N–H and O–H groups in total. The molecule has 2 atom stereocenters. The predicted octanol–water partition coefficient (Wildman–Crippen LogP) is 0.669. The summed E-state index contributed by atoms with van der Waals surface area (Å²) in [4.78, 5) is 14.1. The Kier molecular flexibility index (Phi) is 5.00. The first kappa shape index (κ1) is 16.0. The average Bonchev–Trinajstić information content (AvgIpc) is 2.78. The molecule has 118 valence electrons. The van der Waals surface area contributed by atoms with Gasteiger partial charge in [0, 0.05) is 26.1 Å². The highest BCUT2D eigenvalue weighted by Crippen LogP contribution is 2.16. The van der Waals surface area contributed by atoms with Crippen LogP contribution in [0.1, 0.15) is 43.4 Å². The van der Waals surface area contributed by atoms with Crippen LogP contribution in [-0.2, 0) is 13.0 Å². The van der Waals surface area contributed by atoms with Crippen LogP contribution in [0, 0.1) is 5.92 Å². The first-order valence-corrected chi connectivity index (χ1v) is 7.62. The summed E-state index contributed by atoms with van der Waals surface area (Å²) in [6.07, 6.45) is -0.162. The van der Waals surface area contributed by atoms with E-state index in [9.17, 15) is 15.0 Å².